The van der Waals surface area contributed by atoms with E-state index in [4.69, 9.17) is 25.8 Å². The van der Waals surface area contributed by atoms with Crippen LogP contribution >= 0.6 is 11.6 Å². The van der Waals surface area contributed by atoms with Crippen molar-refractivity contribution in [3.8, 4) is 17.2 Å². The van der Waals surface area contributed by atoms with Crippen LogP contribution in [0.2, 0.25) is 5.02 Å². The number of halogens is 2. The van der Waals surface area contributed by atoms with Crippen molar-refractivity contribution < 1.29 is 28.2 Å². The molecule has 150 valence electrons. The number of carbonyl (C=O) groups is 2. The predicted molar refractivity (Wildman–Crippen MR) is 102 cm³/mol. The van der Waals surface area contributed by atoms with Gasteiger partial charge in [0.15, 0.2) is 11.5 Å². The maximum Gasteiger partial charge on any atom is 0.269 e. The van der Waals surface area contributed by atoms with Crippen LogP contribution in [0, 0.1) is 5.82 Å². The molecule has 0 saturated carbocycles. The largest absolute Gasteiger partial charge is 0.493 e. The number of benzene rings is 2. The first-order valence-electron chi connectivity index (χ1n) is 7.97. The van der Waals surface area contributed by atoms with E-state index in [0.29, 0.717) is 22.9 Å². The maximum absolute atomic E-state index is 13.0. The fourth-order valence-electron chi connectivity index (χ4n) is 2.26. The Labute approximate surface area is 165 Å². The van der Waals surface area contributed by atoms with Gasteiger partial charge in [-0.15, -0.1) is 0 Å². The molecule has 0 unspecified atom stereocenters. The van der Waals surface area contributed by atoms with Gasteiger partial charge in [-0.2, -0.15) is 0 Å². The molecule has 10 heteroatoms. The molecule has 0 atom stereocenters. The molecule has 2 amide bonds. The summed E-state index contributed by atoms with van der Waals surface area (Å²) in [7, 11) is 4.29. The molecular weight excluding hydrogens is 393 g/mol. The van der Waals surface area contributed by atoms with Crippen molar-refractivity contribution in [2.75, 3.05) is 33.2 Å². The van der Waals surface area contributed by atoms with Crippen molar-refractivity contribution in [1.29, 1.82) is 0 Å². The van der Waals surface area contributed by atoms with Crippen LogP contribution in [0.5, 0.6) is 17.2 Å². The van der Waals surface area contributed by atoms with Crippen molar-refractivity contribution in [3.63, 3.8) is 0 Å². The minimum Gasteiger partial charge on any atom is -0.493 e. The van der Waals surface area contributed by atoms with E-state index in [1.54, 1.807) is 0 Å². The number of carbonyl (C=O) groups excluding carboxylic acids is 2. The highest BCUT2D eigenvalue weighted by atomic mass is 35.5. The molecule has 0 aliphatic carbocycles. The lowest BCUT2D eigenvalue weighted by molar-refractivity contribution is -0.120. The fourth-order valence-corrected chi connectivity index (χ4v) is 2.50. The molecule has 2 rings (SSSR count). The highest BCUT2D eigenvalue weighted by Gasteiger charge is 2.17. The second-order valence-electron chi connectivity index (χ2n) is 5.39. The topological polar surface area (TPSA) is 97.9 Å². The molecule has 3 N–H and O–H groups in total. The van der Waals surface area contributed by atoms with Gasteiger partial charge in [0.05, 0.1) is 38.6 Å². The maximum atomic E-state index is 13.0. The van der Waals surface area contributed by atoms with Gasteiger partial charge in [-0.25, -0.2) is 4.39 Å². The summed E-state index contributed by atoms with van der Waals surface area (Å²) in [4.78, 5) is 24.2. The van der Waals surface area contributed by atoms with Gasteiger partial charge in [-0.1, -0.05) is 11.6 Å². The number of hydrogen-bond acceptors (Lipinski definition) is 6. The van der Waals surface area contributed by atoms with Gasteiger partial charge in [-0.05, 0) is 30.3 Å². The van der Waals surface area contributed by atoms with Crippen LogP contribution in [0.15, 0.2) is 30.3 Å². The normalized spacial score (nSPS) is 10.0. The number of nitrogens with one attached hydrogen (secondary N) is 3. The van der Waals surface area contributed by atoms with Crippen LogP contribution in [0.1, 0.15) is 10.4 Å². The molecule has 0 fully saturated rings. The second-order valence-corrected chi connectivity index (χ2v) is 5.80. The number of methoxy groups -OCH3 is 3. The number of ether oxygens (including phenoxy) is 3. The Morgan fingerprint density at radius 2 is 1.64 bits per heavy atom. The summed E-state index contributed by atoms with van der Waals surface area (Å²) in [5, 5.41) is 2.87. The van der Waals surface area contributed by atoms with Crippen LogP contribution in [0.4, 0.5) is 10.1 Å². The van der Waals surface area contributed by atoms with Crippen molar-refractivity contribution in [2.45, 2.75) is 0 Å². The van der Waals surface area contributed by atoms with Gasteiger partial charge >= 0.3 is 0 Å². The quantitative estimate of drug-likeness (QED) is 0.605. The standard InChI is InChI=1S/C18H19ClFN3O5/c1-26-14-6-10(7-15(27-2)17(14)28-3)18(25)23-22-16(24)9-21-13-5-4-11(20)8-12(13)19/h4-8,21H,9H2,1-3H3,(H,22,24)(H,23,25). The summed E-state index contributed by atoms with van der Waals surface area (Å²) in [6.45, 7) is -0.194. The van der Waals surface area contributed by atoms with E-state index in [1.807, 2.05) is 0 Å². The summed E-state index contributed by atoms with van der Waals surface area (Å²) in [6.07, 6.45) is 0. The van der Waals surface area contributed by atoms with E-state index >= 15 is 0 Å². The first-order valence-corrected chi connectivity index (χ1v) is 8.35. The number of hydrogen-bond donors (Lipinski definition) is 3. The number of anilines is 1. The van der Waals surface area contributed by atoms with E-state index in [9.17, 15) is 14.0 Å². The first kappa shape index (κ1) is 21.1. The van der Waals surface area contributed by atoms with E-state index < -0.39 is 17.6 Å². The Morgan fingerprint density at radius 1 is 1.00 bits per heavy atom. The molecule has 8 nitrogen and oxygen atoms in total. The van der Waals surface area contributed by atoms with Crippen molar-refractivity contribution in [2.24, 2.45) is 0 Å². The van der Waals surface area contributed by atoms with Crippen LogP contribution in [-0.2, 0) is 4.79 Å². The van der Waals surface area contributed by atoms with E-state index in [-0.39, 0.29) is 17.1 Å². The molecule has 0 aromatic heterocycles. The first-order chi connectivity index (χ1) is 13.4. The van der Waals surface area contributed by atoms with Crippen molar-refractivity contribution in [3.05, 3.63) is 46.7 Å². The fraction of sp³-hybridized carbons (Fsp3) is 0.222. The van der Waals surface area contributed by atoms with Gasteiger partial charge in [0.25, 0.3) is 11.8 Å². The highest BCUT2D eigenvalue weighted by molar-refractivity contribution is 6.33. The number of hydrazine groups is 1. The Morgan fingerprint density at radius 3 is 2.18 bits per heavy atom. The van der Waals surface area contributed by atoms with Gasteiger partial charge < -0.3 is 19.5 Å². The summed E-state index contributed by atoms with van der Waals surface area (Å²) in [5.41, 5.74) is 5.10. The highest BCUT2D eigenvalue weighted by Crippen LogP contribution is 2.38. The molecule has 0 spiro atoms. The third-order valence-electron chi connectivity index (χ3n) is 3.61. The van der Waals surface area contributed by atoms with Crippen LogP contribution in [0.25, 0.3) is 0 Å². The minimum absolute atomic E-state index is 0.134. The second kappa shape index (κ2) is 9.65. The molecule has 2 aromatic rings. The third kappa shape index (κ3) is 5.17. The smallest absolute Gasteiger partial charge is 0.269 e. The summed E-state index contributed by atoms with van der Waals surface area (Å²) in [6, 6.07) is 6.62. The average molecular weight is 412 g/mol. The summed E-state index contributed by atoms with van der Waals surface area (Å²) < 4.78 is 28.6. The SMILES string of the molecule is COc1cc(C(=O)NNC(=O)CNc2ccc(F)cc2Cl)cc(OC)c1OC. The summed E-state index contributed by atoms with van der Waals surface area (Å²) >= 11 is 5.86. The molecule has 28 heavy (non-hydrogen) atoms. The van der Waals surface area contributed by atoms with Crippen molar-refractivity contribution >= 4 is 29.1 Å². The number of amides is 2. The Hall–Kier alpha value is -3.20. The van der Waals surface area contributed by atoms with Gasteiger partial charge in [0, 0.05) is 5.56 Å². The van der Waals surface area contributed by atoms with Crippen LogP contribution in [-0.4, -0.2) is 39.7 Å². The minimum atomic E-state index is -0.590. The van der Waals surface area contributed by atoms with Crippen molar-refractivity contribution in [1.82, 2.24) is 10.9 Å². The Kier molecular flexibility index (Phi) is 7.28. The molecule has 0 bridgehead atoms. The molecule has 0 aliphatic heterocycles. The molecular formula is C18H19ClFN3O5. The van der Waals surface area contributed by atoms with E-state index in [0.717, 1.165) is 6.07 Å². The monoisotopic (exact) mass is 411 g/mol. The van der Waals surface area contributed by atoms with Gasteiger partial charge in [0.1, 0.15) is 5.82 Å². The average Bonchev–Trinajstić information content (AvgIpc) is 2.69. The van der Waals surface area contributed by atoms with Crippen LogP contribution in [0.3, 0.4) is 0 Å². The van der Waals surface area contributed by atoms with E-state index in [2.05, 4.69) is 16.2 Å². The lowest BCUT2D eigenvalue weighted by Crippen LogP contribution is -2.44. The van der Waals surface area contributed by atoms with Crippen LogP contribution < -0.4 is 30.4 Å². The molecule has 0 aliphatic rings. The summed E-state index contributed by atoms with van der Waals surface area (Å²) in [5.74, 6) is -0.686. The van der Waals surface area contributed by atoms with E-state index in [1.165, 1.54) is 45.6 Å². The predicted octanol–water partition coefficient (Wildman–Crippen LogP) is 2.38. The van der Waals surface area contributed by atoms with Gasteiger partial charge in [-0.3, -0.25) is 20.4 Å². The molecule has 0 radical (unpaired) electrons. The van der Waals surface area contributed by atoms with Gasteiger partial charge in [0.2, 0.25) is 5.75 Å². The third-order valence-corrected chi connectivity index (χ3v) is 3.93. The zero-order valence-corrected chi connectivity index (χ0v) is 16.1. The molecule has 0 saturated heterocycles. The lowest BCUT2D eigenvalue weighted by atomic mass is 10.1. The number of rotatable bonds is 7. The zero-order chi connectivity index (χ0) is 20.7. The lowest BCUT2D eigenvalue weighted by Gasteiger charge is -2.14. The molecule has 2 aromatic carbocycles. The Balaban J connectivity index is 1.96. The molecule has 0 heterocycles. The zero-order valence-electron chi connectivity index (χ0n) is 15.4. The Bertz CT molecular complexity index is 853.